The van der Waals surface area contributed by atoms with Gasteiger partial charge in [0.2, 0.25) is 17.9 Å². The van der Waals surface area contributed by atoms with E-state index in [2.05, 4.69) is 200 Å². The molecule has 0 saturated heterocycles. The van der Waals surface area contributed by atoms with Crippen molar-refractivity contribution < 1.29 is 0 Å². The van der Waals surface area contributed by atoms with E-state index in [0.29, 0.717) is 18.4 Å². The summed E-state index contributed by atoms with van der Waals surface area (Å²) >= 11 is 2.28. The molecule has 0 fully saturated rings. The third-order valence-corrected chi connectivity index (χ3v) is 13.6. The Morgan fingerprint density at radius 1 is 0.833 bits per heavy atom. The number of nitrogens with zero attached hydrogens (tertiary/aromatic N) is 8. The number of aliphatic imine (C=N–C) groups is 1. The number of allylic oxidation sites excluding steroid dienone is 6. The number of nitrogens with one attached hydrogen (secondary N) is 1. The maximum Gasteiger partial charge on any atom is 0.234 e. The van der Waals surface area contributed by atoms with E-state index >= 15 is 0 Å². The minimum absolute atomic E-state index is 0.166. The maximum absolute atomic E-state index is 5.12. The number of halogens is 1. The predicted molar refractivity (Wildman–Crippen MR) is 279 cm³/mol. The molecule has 4 aromatic carbocycles. The molecule has 1 N–H and O–H groups in total. The maximum atomic E-state index is 5.12. The summed E-state index contributed by atoms with van der Waals surface area (Å²) in [4.78, 5) is 29.9. The summed E-state index contributed by atoms with van der Waals surface area (Å²) in [5.74, 6) is 2.44. The molecule has 3 aromatic heterocycles. The van der Waals surface area contributed by atoms with Gasteiger partial charge < -0.3 is 10.2 Å². The second kappa shape index (κ2) is 18.0. The van der Waals surface area contributed by atoms with Gasteiger partial charge in [-0.1, -0.05) is 133 Å². The number of anilines is 3. The highest BCUT2D eigenvalue weighted by atomic mass is 127. The smallest absolute Gasteiger partial charge is 0.234 e. The number of aromatic nitrogens is 5. The molecule has 9 nitrogen and oxygen atoms in total. The van der Waals surface area contributed by atoms with Crippen LogP contribution >= 0.6 is 22.6 Å². The van der Waals surface area contributed by atoms with E-state index in [1.807, 2.05) is 31.0 Å². The van der Waals surface area contributed by atoms with Gasteiger partial charge in [-0.25, -0.2) is 24.9 Å². The minimum atomic E-state index is 0.166. The van der Waals surface area contributed by atoms with Gasteiger partial charge >= 0.3 is 0 Å². The zero-order chi connectivity index (χ0) is 44.6. The topological polar surface area (TPSA) is 87.4 Å². The molecular weight excluding hydrogens is 926 g/mol. The normalized spacial score (nSPS) is 17.4. The summed E-state index contributed by atoms with van der Waals surface area (Å²) in [7, 11) is 0. The van der Waals surface area contributed by atoms with Gasteiger partial charge in [0.05, 0.1) is 17.2 Å². The number of rotatable bonds is 10. The summed E-state index contributed by atoms with van der Waals surface area (Å²) in [6.07, 6.45) is 31.1. The summed E-state index contributed by atoms with van der Waals surface area (Å²) < 4.78 is 4.29. The number of hydrogen-bond donors (Lipinski definition) is 1. The van der Waals surface area contributed by atoms with Crippen LogP contribution in [0.15, 0.2) is 179 Å². The number of benzene rings is 4. The van der Waals surface area contributed by atoms with Gasteiger partial charge in [0, 0.05) is 82.6 Å². The van der Waals surface area contributed by atoms with Crippen molar-refractivity contribution in [3.05, 3.63) is 202 Å². The molecule has 0 radical (unpaired) electrons. The monoisotopic (exact) mass is 973 g/mol. The summed E-state index contributed by atoms with van der Waals surface area (Å²) in [6.45, 7) is 4.86. The molecule has 66 heavy (non-hydrogen) atoms. The van der Waals surface area contributed by atoms with Gasteiger partial charge in [-0.15, -0.1) is 0 Å². The molecule has 2 aliphatic carbocycles. The molecule has 0 amide bonds. The van der Waals surface area contributed by atoms with Gasteiger partial charge in [-0.3, -0.25) is 9.47 Å². The van der Waals surface area contributed by atoms with E-state index in [1.54, 1.807) is 0 Å². The largest absolute Gasteiger partial charge is 0.351 e. The predicted octanol–water partition coefficient (Wildman–Crippen LogP) is 12.8. The lowest BCUT2D eigenvalue weighted by molar-refractivity contribution is 0.742. The van der Waals surface area contributed by atoms with Gasteiger partial charge in [-0.05, 0) is 106 Å². The first-order chi connectivity index (χ1) is 32.6. The van der Waals surface area contributed by atoms with Crippen molar-refractivity contribution >= 4 is 68.4 Å². The Morgan fingerprint density at radius 2 is 1.56 bits per heavy atom. The van der Waals surface area contributed by atoms with Crippen LogP contribution in [0.1, 0.15) is 60.6 Å². The second-order valence-electron chi connectivity index (χ2n) is 16.8. The Labute approximate surface area is 399 Å². The minimum Gasteiger partial charge on any atom is -0.351 e. The Bertz CT molecular complexity index is 3210. The van der Waals surface area contributed by atoms with E-state index in [1.165, 1.54) is 33.5 Å². The molecule has 0 spiro atoms. The van der Waals surface area contributed by atoms with Crippen molar-refractivity contribution in [2.24, 2.45) is 4.99 Å². The lowest BCUT2D eigenvalue weighted by atomic mass is 9.91. The number of fused-ring (bicyclic) bond motifs is 6. The van der Waals surface area contributed by atoms with Gasteiger partial charge in [-0.2, -0.15) is 0 Å². The van der Waals surface area contributed by atoms with Crippen LogP contribution in [-0.4, -0.2) is 43.0 Å². The van der Waals surface area contributed by atoms with Crippen molar-refractivity contribution in [2.45, 2.75) is 51.5 Å². The van der Waals surface area contributed by atoms with Crippen molar-refractivity contribution in [3.8, 4) is 28.2 Å². The van der Waals surface area contributed by atoms with Crippen LogP contribution < -0.4 is 15.1 Å². The van der Waals surface area contributed by atoms with Crippen molar-refractivity contribution in [1.82, 2.24) is 29.8 Å². The highest BCUT2D eigenvalue weighted by molar-refractivity contribution is 14.1. The summed E-state index contributed by atoms with van der Waals surface area (Å²) in [5, 5.41) is 4.94. The molecule has 0 saturated carbocycles. The molecule has 324 valence electrons. The fourth-order valence-electron chi connectivity index (χ4n) is 9.94. The van der Waals surface area contributed by atoms with Crippen molar-refractivity contribution in [1.29, 1.82) is 0 Å². The lowest BCUT2D eigenvalue weighted by Crippen LogP contribution is -2.47. The van der Waals surface area contributed by atoms with E-state index < -0.39 is 0 Å². The number of guanidine groups is 1. The zero-order valence-electron chi connectivity index (χ0n) is 36.9. The lowest BCUT2D eigenvalue weighted by Gasteiger charge is -2.31. The molecule has 10 heteroatoms. The van der Waals surface area contributed by atoms with Gasteiger partial charge in [0.15, 0.2) is 0 Å². The molecule has 2 atom stereocenters. The average molecular weight is 974 g/mol. The Balaban J connectivity index is 0.987. The van der Waals surface area contributed by atoms with Crippen molar-refractivity contribution in [2.75, 3.05) is 16.3 Å². The number of para-hydroxylation sites is 3. The van der Waals surface area contributed by atoms with Crippen LogP contribution in [0, 0.1) is 0 Å². The molecular formula is C56H48IN9. The van der Waals surface area contributed by atoms with E-state index in [0.717, 1.165) is 81.9 Å². The third-order valence-electron chi connectivity index (χ3n) is 13.1. The Kier molecular flexibility index (Phi) is 11.3. The number of hydrogen-bond acceptors (Lipinski definition) is 8. The van der Waals surface area contributed by atoms with Crippen LogP contribution in [0.25, 0.3) is 50.8 Å². The summed E-state index contributed by atoms with van der Waals surface area (Å²) in [5.41, 5.74) is 15.5. The zero-order valence-corrected chi connectivity index (χ0v) is 39.0. The molecule has 4 aliphatic rings. The van der Waals surface area contributed by atoms with Crippen LogP contribution in [0.3, 0.4) is 0 Å². The molecule has 0 bridgehead atoms. The first-order valence-electron chi connectivity index (χ1n) is 22.7. The highest BCUT2D eigenvalue weighted by Gasteiger charge is 2.39. The molecule has 5 heterocycles. The summed E-state index contributed by atoms with van der Waals surface area (Å²) in [6, 6.07) is 32.5. The Hall–Kier alpha value is -7.18. The van der Waals surface area contributed by atoms with Crippen molar-refractivity contribution in [3.63, 3.8) is 0 Å². The first kappa shape index (κ1) is 41.5. The van der Waals surface area contributed by atoms with E-state index in [-0.39, 0.29) is 12.0 Å². The Morgan fingerprint density at radius 3 is 2.33 bits per heavy atom. The average Bonchev–Trinajstić information content (AvgIpc) is 3.91. The second-order valence-corrected chi connectivity index (χ2v) is 17.6. The van der Waals surface area contributed by atoms with Crippen LogP contribution in [0.4, 0.5) is 17.3 Å². The van der Waals surface area contributed by atoms with E-state index in [4.69, 9.17) is 24.9 Å². The first-order valence-corrected chi connectivity index (χ1v) is 24.0. The van der Waals surface area contributed by atoms with Gasteiger partial charge in [0.1, 0.15) is 0 Å². The molecule has 11 rings (SSSR count). The van der Waals surface area contributed by atoms with Crippen LogP contribution in [0.2, 0.25) is 0 Å². The highest BCUT2D eigenvalue weighted by Crippen LogP contribution is 2.44. The standard InChI is InChI=1S/C56H48IN9/c1-3-44(4-2)64(49-22-10-5-16-37(49)17-15-27-57)54-58-31-41(32-59-54)38-28-39(42-33-60-55(61-34-42)65-50-23-11-6-18-45(50)46-19-7-12-24-51(46)65)30-40(29-38)43-35-62-56(63-36-43)66-52-25-13-8-20-47(52)48-21-9-14-26-53(48)66/h3,5-13,15-16,18-25,27-33,35-36,45,50H,4,14,17,26,34H2,1-2H3,(H,60,61)/b27-15-,44-3-. The quantitative estimate of drug-likeness (QED) is 0.137. The van der Waals surface area contributed by atoms with E-state index in [9.17, 15) is 0 Å². The van der Waals surface area contributed by atoms with Crippen LogP contribution in [0.5, 0.6) is 0 Å². The molecule has 2 unspecified atom stereocenters. The molecule has 2 aliphatic heterocycles. The fraction of sp³-hybridized carbons (Fsp3) is 0.161. The fourth-order valence-corrected chi connectivity index (χ4v) is 10.2. The van der Waals surface area contributed by atoms with Gasteiger partial charge in [0.25, 0.3) is 0 Å². The SMILES string of the molecule is C/C=C(/CC)N(c1ncc(-c2cc(C3=CN=C(N4c5ccccc5C5C=CC=CC54)NC3)cc(-c3cnc(-n4c5c(c6ccccc64)C=CCC5)nc3)c2)cn1)c1ccccc1C/C=C\I. The third kappa shape index (κ3) is 7.48. The van der Waals surface area contributed by atoms with Crippen LogP contribution in [-0.2, 0) is 12.8 Å². The molecule has 7 aromatic rings.